The highest BCUT2D eigenvalue weighted by Crippen LogP contribution is 2.47. The van der Waals surface area contributed by atoms with Gasteiger partial charge in [-0.2, -0.15) is 5.26 Å². The zero-order chi connectivity index (χ0) is 45.7. The summed E-state index contributed by atoms with van der Waals surface area (Å²) in [6.07, 6.45) is 0. The normalized spacial score (nSPS) is 10.9. The van der Waals surface area contributed by atoms with Crippen LogP contribution < -0.4 is 0 Å². The predicted octanol–water partition coefficient (Wildman–Crippen LogP) is 14.6. The Labute approximate surface area is 394 Å². The van der Waals surface area contributed by atoms with Crippen LogP contribution >= 0.6 is 0 Å². The Bertz CT molecular complexity index is 3540. The summed E-state index contributed by atoms with van der Waals surface area (Å²) in [5.74, 6) is 3.38. The van der Waals surface area contributed by atoms with Crippen molar-refractivity contribution in [1.82, 2.24) is 29.9 Å². The van der Waals surface area contributed by atoms with Gasteiger partial charge in [0.1, 0.15) is 0 Å². The molecule has 0 N–H and O–H groups in total. The molecule has 0 fully saturated rings. The predicted molar refractivity (Wildman–Crippen MR) is 272 cm³/mol. The fourth-order valence-electron chi connectivity index (χ4n) is 8.58. The maximum absolute atomic E-state index is 9.45. The highest BCUT2D eigenvalue weighted by atomic mass is 15.0. The molecular weight excluding hydrogens is 831 g/mol. The van der Waals surface area contributed by atoms with Crippen molar-refractivity contribution in [3.63, 3.8) is 0 Å². The van der Waals surface area contributed by atoms with Crippen LogP contribution in [0.3, 0.4) is 0 Å². The van der Waals surface area contributed by atoms with Crippen LogP contribution in [0.5, 0.6) is 0 Å². The van der Waals surface area contributed by atoms with E-state index < -0.39 is 0 Å². The largest absolute Gasteiger partial charge is 0.208 e. The van der Waals surface area contributed by atoms with E-state index in [1.54, 1.807) is 0 Å². The second-order valence-electron chi connectivity index (χ2n) is 16.2. The molecule has 0 radical (unpaired) electrons. The molecule has 0 saturated carbocycles. The summed E-state index contributed by atoms with van der Waals surface area (Å²) in [5.41, 5.74) is 13.8. The molecule has 0 amide bonds. The number of nitrogens with zero attached hydrogens (tertiary/aromatic N) is 7. The first-order chi connectivity index (χ1) is 33.7. The molecule has 318 valence electrons. The Kier molecular flexibility index (Phi) is 11.2. The van der Waals surface area contributed by atoms with E-state index in [-0.39, 0.29) is 0 Å². The van der Waals surface area contributed by atoms with Gasteiger partial charge >= 0.3 is 0 Å². The van der Waals surface area contributed by atoms with Gasteiger partial charge in [-0.3, -0.25) is 0 Å². The Morgan fingerprint density at radius 1 is 0.235 bits per heavy atom. The second-order valence-corrected chi connectivity index (χ2v) is 16.2. The van der Waals surface area contributed by atoms with Crippen molar-refractivity contribution >= 4 is 0 Å². The summed E-state index contributed by atoms with van der Waals surface area (Å²) in [7, 11) is 0. The third kappa shape index (κ3) is 8.33. The smallest absolute Gasteiger partial charge is 0.164 e. The first-order valence-electron chi connectivity index (χ1n) is 22.3. The number of hydrogen-bond donors (Lipinski definition) is 0. The Hall–Kier alpha value is -9.51. The van der Waals surface area contributed by atoms with Crippen LogP contribution in [0.25, 0.3) is 113 Å². The third-order valence-electron chi connectivity index (χ3n) is 11.9. The molecule has 0 bridgehead atoms. The molecule has 0 atom stereocenters. The lowest BCUT2D eigenvalue weighted by atomic mass is 9.83. The molecule has 0 saturated heterocycles. The summed E-state index contributed by atoms with van der Waals surface area (Å²) in [4.78, 5) is 31.1. The van der Waals surface area contributed by atoms with Gasteiger partial charge in [-0.15, -0.1) is 0 Å². The van der Waals surface area contributed by atoms with Gasteiger partial charge in [0.05, 0.1) is 11.6 Å². The summed E-state index contributed by atoms with van der Waals surface area (Å²) in [5, 5.41) is 9.45. The zero-order valence-electron chi connectivity index (χ0n) is 36.6. The lowest BCUT2D eigenvalue weighted by molar-refractivity contribution is 1.07. The fraction of sp³-hybridized carbons (Fsp3) is 0. The monoisotopic (exact) mass is 869 g/mol. The molecule has 2 heterocycles. The van der Waals surface area contributed by atoms with Gasteiger partial charge < -0.3 is 0 Å². The maximum Gasteiger partial charge on any atom is 0.164 e. The number of rotatable bonds is 10. The summed E-state index contributed by atoms with van der Waals surface area (Å²) >= 11 is 0. The van der Waals surface area contributed by atoms with Gasteiger partial charge in [-0.05, 0) is 63.2 Å². The molecule has 0 spiro atoms. The van der Waals surface area contributed by atoms with Gasteiger partial charge in [0, 0.05) is 38.9 Å². The molecule has 7 nitrogen and oxygen atoms in total. The molecule has 68 heavy (non-hydrogen) atoms. The molecule has 0 unspecified atom stereocenters. The van der Waals surface area contributed by atoms with Crippen LogP contribution in [-0.2, 0) is 0 Å². The summed E-state index contributed by atoms with van der Waals surface area (Å²) in [6.45, 7) is 0. The summed E-state index contributed by atoms with van der Waals surface area (Å²) in [6, 6.07) is 81.8. The SMILES string of the molecule is N#Cc1ccc(-c2cccc(-c3nc(-c4ccccc4)nc(-c4ccc(-c5ccccc5-c5nc(-c6ccccc6)nc(-c6ccccc6)n5)c(-c5ccccc5)c4-c4ccccc4)n3)c2)cc1. The van der Waals surface area contributed by atoms with E-state index >= 15 is 0 Å². The molecule has 0 aliphatic carbocycles. The minimum absolute atomic E-state index is 0.533. The minimum atomic E-state index is 0.533. The van der Waals surface area contributed by atoms with Crippen molar-refractivity contribution in [1.29, 1.82) is 5.26 Å². The molecule has 7 heteroatoms. The van der Waals surface area contributed by atoms with E-state index in [1.165, 1.54) is 0 Å². The number of hydrogen-bond acceptors (Lipinski definition) is 7. The van der Waals surface area contributed by atoms with Crippen molar-refractivity contribution < 1.29 is 0 Å². The van der Waals surface area contributed by atoms with Crippen molar-refractivity contribution in [3.8, 4) is 119 Å². The van der Waals surface area contributed by atoms with Crippen LogP contribution in [0.4, 0.5) is 0 Å². The maximum atomic E-state index is 9.45. The van der Waals surface area contributed by atoms with Crippen LogP contribution in [0.1, 0.15) is 5.56 Å². The first kappa shape index (κ1) is 41.2. The van der Waals surface area contributed by atoms with E-state index in [0.29, 0.717) is 40.5 Å². The lowest BCUT2D eigenvalue weighted by Crippen LogP contribution is -2.03. The van der Waals surface area contributed by atoms with E-state index in [2.05, 4.69) is 97.1 Å². The average Bonchev–Trinajstić information content (AvgIpc) is 3.43. The molecule has 9 aromatic carbocycles. The second kappa shape index (κ2) is 18.5. The van der Waals surface area contributed by atoms with Gasteiger partial charge in [-0.25, -0.2) is 29.9 Å². The first-order valence-corrected chi connectivity index (χ1v) is 22.3. The third-order valence-corrected chi connectivity index (χ3v) is 11.9. The van der Waals surface area contributed by atoms with E-state index in [0.717, 1.165) is 77.9 Å². The standard InChI is InChI=1S/C61H39N7/c62-40-41-33-35-42(36-34-41)48-29-18-30-49(39-48)59-64-58(47-27-14-5-15-28-47)67-61(68-59)53-38-37-51(54(43-19-6-1-7-20-43)55(53)44-21-8-2-9-22-44)50-31-16-17-32-52(50)60-65-56(45-23-10-3-11-24-45)63-57(66-60)46-25-12-4-13-26-46/h1-39H. The number of benzene rings is 9. The molecule has 0 aliphatic rings. The number of nitriles is 1. The Morgan fingerprint density at radius 3 is 1.07 bits per heavy atom. The fourth-order valence-corrected chi connectivity index (χ4v) is 8.58. The van der Waals surface area contributed by atoms with Crippen molar-refractivity contribution in [2.75, 3.05) is 0 Å². The average molecular weight is 870 g/mol. The Balaban J connectivity index is 1.16. The highest BCUT2D eigenvalue weighted by molar-refractivity contribution is 6.03. The van der Waals surface area contributed by atoms with Gasteiger partial charge in [-0.1, -0.05) is 212 Å². The highest BCUT2D eigenvalue weighted by Gasteiger charge is 2.25. The van der Waals surface area contributed by atoms with E-state index in [1.807, 2.05) is 146 Å². The van der Waals surface area contributed by atoms with Crippen LogP contribution in [-0.4, -0.2) is 29.9 Å². The molecule has 11 rings (SSSR count). The van der Waals surface area contributed by atoms with Crippen molar-refractivity contribution in [3.05, 3.63) is 242 Å². The van der Waals surface area contributed by atoms with Crippen LogP contribution in [0.2, 0.25) is 0 Å². The van der Waals surface area contributed by atoms with Crippen molar-refractivity contribution in [2.45, 2.75) is 0 Å². The van der Waals surface area contributed by atoms with Crippen LogP contribution in [0.15, 0.2) is 237 Å². The number of aromatic nitrogens is 6. The minimum Gasteiger partial charge on any atom is -0.208 e. The lowest BCUT2D eigenvalue weighted by Gasteiger charge is -2.21. The molecule has 0 aliphatic heterocycles. The van der Waals surface area contributed by atoms with E-state index in [4.69, 9.17) is 29.9 Å². The Morgan fingerprint density at radius 2 is 0.588 bits per heavy atom. The van der Waals surface area contributed by atoms with Gasteiger partial charge in [0.2, 0.25) is 0 Å². The molecule has 11 aromatic rings. The van der Waals surface area contributed by atoms with E-state index in [9.17, 15) is 5.26 Å². The van der Waals surface area contributed by atoms with Gasteiger partial charge in [0.25, 0.3) is 0 Å². The summed E-state index contributed by atoms with van der Waals surface area (Å²) < 4.78 is 0. The van der Waals surface area contributed by atoms with Crippen LogP contribution in [0, 0.1) is 11.3 Å². The topological polar surface area (TPSA) is 101 Å². The molecule has 2 aromatic heterocycles. The zero-order valence-corrected chi connectivity index (χ0v) is 36.6. The van der Waals surface area contributed by atoms with Crippen molar-refractivity contribution in [2.24, 2.45) is 0 Å². The molecular formula is C61H39N7. The quantitative estimate of drug-likeness (QED) is 0.135. The van der Waals surface area contributed by atoms with Gasteiger partial charge in [0.15, 0.2) is 34.9 Å².